The Bertz CT molecular complexity index is 697. The summed E-state index contributed by atoms with van der Waals surface area (Å²) in [6, 6.07) is 4.93. The fourth-order valence-corrected chi connectivity index (χ4v) is 4.66. The van der Waals surface area contributed by atoms with Gasteiger partial charge in [-0.25, -0.2) is 10.2 Å². The Morgan fingerprint density at radius 3 is 2.42 bits per heavy atom. The summed E-state index contributed by atoms with van der Waals surface area (Å²) in [5.74, 6) is 0.206. The third-order valence-electron chi connectivity index (χ3n) is 6.17. The Kier molecular flexibility index (Phi) is 4.98. The number of quaternary nitrogens is 2. The highest BCUT2D eigenvalue weighted by molar-refractivity contribution is 5.76. The highest BCUT2D eigenvalue weighted by Crippen LogP contribution is 2.28. The summed E-state index contributed by atoms with van der Waals surface area (Å²) in [6.07, 6.45) is 6.81. The van der Waals surface area contributed by atoms with Crippen molar-refractivity contribution < 1.29 is 10.2 Å². The van der Waals surface area contributed by atoms with E-state index in [0.29, 0.717) is 30.0 Å². The molecule has 0 aromatic heterocycles. The number of hydroxylamine groups is 1. The van der Waals surface area contributed by atoms with Gasteiger partial charge in [-0.3, -0.25) is 9.96 Å². The second kappa shape index (κ2) is 7.25. The van der Waals surface area contributed by atoms with Gasteiger partial charge in [0.15, 0.2) is 0 Å². The van der Waals surface area contributed by atoms with Gasteiger partial charge >= 0.3 is 5.96 Å². The van der Waals surface area contributed by atoms with Gasteiger partial charge in [0.25, 0.3) is 0 Å². The molecule has 0 amide bonds. The van der Waals surface area contributed by atoms with Crippen LogP contribution < -0.4 is 15.7 Å². The number of guanidine groups is 1. The van der Waals surface area contributed by atoms with Crippen molar-refractivity contribution in [2.75, 3.05) is 13.1 Å². The third-order valence-corrected chi connectivity index (χ3v) is 6.17. The van der Waals surface area contributed by atoms with Crippen molar-refractivity contribution in [3.8, 4) is 0 Å². The van der Waals surface area contributed by atoms with E-state index in [4.69, 9.17) is 0 Å². The fraction of sp³-hybridized carbons (Fsp3) is 0.632. The summed E-state index contributed by atoms with van der Waals surface area (Å²) in [5.41, 5.74) is 6.16. The number of aliphatic imine (C=N–C) groups is 1. The van der Waals surface area contributed by atoms with E-state index in [1.807, 2.05) is 12.1 Å². The van der Waals surface area contributed by atoms with Gasteiger partial charge in [-0.1, -0.05) is 6.42 Å². The highest BCUT2D eigenvalue weighted by atomic mass is 16.6. The van der Waals surface area contributed by atoms with Crippen LogP contribution in [0.2, 0.25) is 0 Å². The molecule has 26 heavy (non-hydrogen) atoms. The number of rotatable bonds is 3. The van der Waals surface area contributed by atoms with Crippen molar-refractivity contribution in [1.82, 2.24) is 10.3 Å². The number of nitrogens with one attached hydrogen (secondary N) is 3. The molecular formula is C19H29N5O2. The number of nitrogens with zero attached hydrogens (tertiary/aromatic N) is 2. The Morgan fingerprint density at radius 2 is 1.73 bits per heavy atom. The molecule has 4 unspecified atom stereocenters. The van der Waals surface area contributed by atoms with Gasteiger partial charge in [0.1, 0.15) is 0 Å². The molecule has 3 N–H and O–H groups in total. The van der Waals surface area contributed by atoms with Crippen LogP contribution in [0, 0.1) is 10.4 Å². The molecule has 7 heteroatoms. The molecule has 142 valence electrons. The van der Waals surface area contributed by atoms with Crippen LogP contribution in [0.15, 0.2) is 17.1 Å². The van der Waals surface area contributed by atoms with E-state index in [2.05, 4.69) is 29.2 Å². The van der Waals surface area contributed by atoms with Crippen LogP contribution in [0.3, 0.4) is 0 Å². The molecular weight excluding hydrogens is 330 g/mol. The van der Waals surface area contributed by atoms with E-state index in [1.165, 1.54) is 30.4 Å². The molecule has 1 aromatic rings. The predicted octanol–water partition coefficient (Wildman–Crippen LogP) is 0.341. The SMILES string of the molecule is CC1CCCC(C)N1CCN=C1N[NH+]([O-])c2cc3c(cc2[NH+]1[O-])CCC3. The lowest BCUT2D eigenvalue weighted by Gasteiger charge is -2.39. The number of hydrogen-bond acceptors (Lipinski definition) is 4. The molecule has 1 fully saturated rings. The van der Waals surface area contributed by atoms with Crippen LogP contribution in [0.5, 0.6) is 0 Å². The van der Waals surface area contributed by atoms with Gasteiger partial charge in [-0.05, 0) is 57.1 Å². The van der Waals surface area contributed by atoms with Gasteiger partial charge in [0.2, 0.25) is 11.4 Å². The third kappa shape index (κ3) is 3.25. The molecule has 7 nitrogen and oxygen atoms in total. The number of benzene rings is 1. The second-order valence-corrected chi connectivity index (χ2v) is 7.90. The maximum atomic E-state index is 12.8. The topological polar surface area (TPSA) is 82.6 Å². The zero-order valence-electron chi connectivity index (χ0n) is 15.7. The maximum absolute atomic E-state index is 12.8. The zero-order valence-corrected chi connectivity index (χ0v) is 15.7. The van der Waals surface area contributed by atoms with Crippen LogP contribution in [0.1, 0.15) is 50.7 Å². The number of piperidine rings is 1. The Labute approximate surface area is 154 Å². The Hall–Kier alpha value is -1.51. The first-order valence-corrected chi connectivity index (χ1v) is 9.86. The van der Waals surface area contributed by atoms with Crippen molar-refractivity contribution in [2.45, 2.75) is 64.5 Å². The average molecular weight is 359 g/mol. The molecule has 1 aromatic carbocycles. The molecule has 1 aliphatic carbocycles. The van der Waals surface area contributed by atoms with Gasteiger partial charge in [-0.2, -0.15) is 5.43 Å². The minimum Gasteiger partial charge on any atom is -0.621 e. The molecule has 4 rings (SSSR count). The van der Waals surface area contributed by atoms with Gasteiger partial charge in [-0.15, -0.1) is 0 Å². The number of fused-ring (bicyclic) bond motifs is 2. The summed E-state index contributed by atoms with van der Waals surface area (Å²) < 4.78 is 0. The monoisotopic (exact) mass is 359 g/mol. The van der Waals surface area contributed by atoms with Crippen molar-refractivity contribution in [2.24, 2.45) is 4.99 Å². The average Bonchev–Trinajstić information content (AvgIpc) is 3.08. The molecule has 0 spiro atoms. The molecule has 2 heterocycles. The fourth-order valence-electron chi connectivity index (χ4n) is 4.66. The lowest BCUT2D eigenvalue weighted by Crippen LogP contribution is -3.24. The Morgan fingerprint density at radius 1 is 1.08 bits per heavy atom. The normalized spacial score (nSPS) is 33.0. The summed E-state index contributed by atoms with van der Waals surface area (Å²) in [5, 5.41) is 24.9. The lowest BCUT2D eigenvalue weighted by atomic mass is 9.98. The van der Waals surface area contributed by atoms with Crippen molar-refractivity contribution >= 4 is 17.3 Å². The number of aryl methyl sites for hydroxylation is 2. The molecule has 0 saturated carbocycles. The molecule has 3 aliphatic rings. The van der Waals surface area contributed by atoms with Gasteiger partial charge < -0.3 is 10.4 Å². The van der Waals surface area contributed by atoms with Crippen LogP contribution in [0.4, 0.5) is 11.4 Å². The summed E-state index contributed by atoms with van der Waals surface area (Å²) in [6.45, 7) is 5.88. The minimum absolute atomic E-state index is 0.144. The van der Waals surface area contributed by atoms with Crippen molar-refractivity contribution in [3.63, 3.8) is 0 Å². The van der Waals surface area contributed by atoms with E-state index in [1.54, 1.807) is 0 Å². The van der Waals surface area contributed by atoms with E-state index < -0.39 is 0 Å². The zero-order chi connectivity index (χ0) is 18.3. The quantitative estimate of drug-likeness (QED) is 0.680. The van der Waals surface area contributed by atoms with Crippen molar-refractivity contribution in [3.05, 3.63) is 33.7 Å². The first-order chi connectivity index (χ1) is 12.5. The smallest absolute Gasteiger partial charge is 0.347 e. The van der Waals surface area contributed by atoms with E-state index in [9.17, 15) is 10.4 Å². The molecule has 4 atom stereocenters. The standard InChI is InChI=1S/C19H29N5O2/c1-13-5-3-6-14(2)22(13)10-9-20-19-21-24(26)18-12-16-8-4-7-15(16)11-17(18)23(19)25/h11-14,23-24H,3-10H2,1-2H3,(H,20,21). The molecule has 2 aliphatic heterocycles. The van der Waals surface area contributed by atoms with Gasteiger partial charge in [0, 0.05) is 30.8 Å². The Balaban J connectivity index is 1.49. The lowest BCUT2D eigenvalue weighted by molar-refractivity contribution is -0.851. The number of likely N-dealkylation sites (tertiary alicyclic amines) is 1. The first kappa shape index (κ1) is 17.9. The van der Waals surface area contributed by atoms with E-state index in [-0.39, 0.29) is 16.2 Å². The summed E-state index contributed by atoms with van der Waals surface area (Å²) >= 11 is 0. The highest BCUT2D eigenvalue weighted by Gasteiger charge is 2.31. The van der Waals surface area contributed by atoms with Crippen LogP contribution in [0.25, 0.3) is 0 Å². The second-order valence-electron chi connectivity index (χ2n) is 7.90. The predicted molar refractivity (Wildman–Crippen MR) is 101 cm³/mol. The van der Waals surface area contributed by atoms with Crippen LogP contribution in [-0.4, -0.2) is 36.0 Å². The molecule has 1 saturated heterocycles. The van der Waals surface area contributed by atoms with Crippen molar-refractivity contribution in [1.29, 1.82) is 0 Å². The largest absolute Gasteiger partial charge is 0.621 e. The maximum Gasteiger partial charge on any atom is 0.347 e. The van der Waals surface area contributed by atoms with Crippen LogP contribution >= 0.6 is 0 Å². The molecule has 0 radical (unpaired) electrons. The summed E-state index contributed by atoms with van der Waals surface area (Å²) in [4.78, 5) is 6.93. The van der Waals surface area contributed by atoms with Crippen LogP contribution in [-0.2, 0) is 12.8 Å². The minimum atomic E-state index is -0.201. The summed E-state index contributed by atoms with van der Waals surface area (Å²) in [7, 11) is 0. The molecule has 0 bridgehead atoms. The van der Waals surface area contributed by atoms with Gasteiger partial charge in [0.05, 0.1) is 6.54 Å². The van der Waals surface area contributed by atoms with E-state index in [0.717, 1.165) is 25.8 Å². The first-order valence-electron chi connectivity index (χ1n) is 9.86. The van der Waals surface area contributed by atoms with E-state index >= 15 is 0 Å². The number of hydrogen-bond donors (Lipinski definition) is 3.